The van der Waals surface area contributed by atoms with Crippen molar-refractivity contribution >= 4 is 46.3 Å². The number of carbonyl (C=O) groups is 2. The van der Waals surface area contributed by atoms with E-state index in [1.165, 1.54) is 0 Å². The molecule has 0 saturated carbocycles. The van der Waals surface area contributed by atoms with Crippen molar-refractivity contribution in [3.63, 3.8) is 0 Å². The number of unbranched alkanes of at least 4 members (excludes halogenated alkanes) is 1. The summed E-state index contributed by atoms with van der Waals surface area (Å²) in [6.45, 7) is 2.36. The molecular weight excluding hydrogens is 695 g/mol. The standard InChI is InChI=1S/C40H43N5O5S2/c1-26-44-45-40(52-26)51-25-33-22-36(30-15-13-27(24-46)14-16-30)50-39(49-33)31-19-17-29(18-20-31)32-8-6-7-28(21-32)23-42-37(47)11-4-5-12-38(48)43-35-10-3-2-9-34(35)41/h2-3,6-10,13-21,33,36,39,46H,4-5,11-12,22-25,41H2,1H3,(H,42,47)(H,43,48)/t33-,36+,39+/m1/s1. The summed E-state index contributed by atoms with van der Waals surface area (Å²) in [5.74, 6) is 0.561. The van der Waals surface area contributed by atoms with E-state index in [9.17, 15) is 14.7 Å². The summed E-state index contributed by atoms with van der Waals surface area (Å²) < 4.78 is 14.0. The van der Waals surface area contributed by atoms with Crippen molar-refractivity contribution in [3.8, 4) is 11.1 Å². The number of aliphatic hydroxyl groups is 1. The Hall–Kier alpha value is -4.59. The van der Waals surface area contributed by atoms with Gasteiger partial charge in [-0.15, -0.1) is 10.2 Å². The van der Waals surface area contributed by atoms with E-state index < -0.39 is 6.29 Å². The van der Waals surface area contributed by atoms with E-state index >= 15 is 0 Å². The molecule has 2 amide bonds. The first kappa shape index (κ1) is 37.2. The highest BCUT2D eigenvalue weighted by Gasteiger charge is 2.32. The van der Waals surface area contributed by atoms with Crippen LogP contribution in [0.1, 0.15) is 71.8 Å². The van der Waals surface area contributed by atoms with Gasteiger partial charge in [-0.2, -0.15) is 0 Å². The minimum Gasteiger partial charge on any atom is -0.397 e. The Morgan fingerprint density at radius 1 is 0.865 bits per heavy atom. The zero-order valence-corrected chi connectivity index (χ0v) is 30.6. The fourth-order valence-electron chi connectivity index (χ4n) is 5.90. The van der Waals surface area contributed by atoms with Gasteiger partial charge in [0.05, 0.1) is 30.2 Å². The lowest BCUT2D eigenvalue weighted by atomic mass is 9.99. The fraction of sp³-hybridized carbons (Fsp3) is 0.300. The first-order chi connectivity index (χ1) is 25.3. The molecule has 1 fully saturated rings. The topological polar surface area (TPSA) is 149 Å². The smallest absolute Gasteiger partial charge is 0.224 e. The van der Waals surface area contributed by atoms with E-state index in [4.69, 9.17) is 15.2 Å². The number of ether oxygens (including phenoxy) is 2. The van der Waals surface area contributed by atoms with Gasteiger partial charge in [0.15, 0.2) is 10.6 Å². The molecule has 2 heterocycles. The molecule has 12 heteroatoms. The van der Waals surface area contributed by atoms with Crippen LogP contribution in [0.25, 0.3) is 11.1 Å². The molecule has 270 valence electrons. The number of thioether (sulfide) groups is 1. The van der Waals surface area contributed by atoms with Gasteiger partial charge < -0.3 is 30.9 Å². The number of hydrogen-bond donors (Lipinski definition) is 4. The number of nitrogens with two attached hydrogens (primary N) is 1. The average molecular weight is 738 g/mol. The molecule has 52 heavy (non-hydrogen) atoms. The van der Waals surface area contributed by atoms with Crippen LogP contribution in [0.15, 0.2) is 101 Å². The van der Waals surface area contributed by atoms with Crippen LogP contribution >= 0.6 is 23.1 Å². The molecule has 1 aliphatic heterocycles. The molecule has 1 saturated heterocycles. The third-order valence-electron chi connectivity index (χ3n) is 8.74. The highest BCUT2D eigenvalue weighted by atomic mass is 32.2. The Kier molecular flexibility index (Phi) is 13.0. The van der Waals surface area contributed by atoms with Crippen molar-refractivity contribution in [2.75, 3.05) is 16.8 Å². The maximum absolute atomic E-state index is 12.6. The number of aryl methyl sites for hydroxylation is 1. The number of amides is 2. The number of nitrogens with one attached hydrogen (secondary N) is 2. The van der Waals surface area contributed by atoms with Crippen LogP contribution in [0, 0.1) is 6.92 Å². The van der Waals surface area contributed by atoms with Gasteiger partial charge >= 0.3 is 0 Å². The monoisotopic (exact) mass is 737 g/mol. The van der Waals surface area contributed by atoms with Crippen LogP contribution in [-0.4, -0.2) is 39.0 Å². The third-order valence-corrected chi connectivity index (χ3v) is 10.8. The molecule has 10 nitrogen and oxygen atoms in total. The number of hydrogen-bond acceptors (Lipinski definition) is 10. The number of aliphatic hydroxyl groups excluding tert-OH is 1. The molecule has 3 atom stereocenters. The molecule has 6 rings (SSSR count). The summed E-state index contributed by atoms with van der Waals surface area (Å²) in [5.41, 5.74) is 12.9. The summed E-state index contributed by atoms with van der Waals surface area (Å²) in [4.78, 5) is 24.8. The molecular formula is C40H43N5O5S2. The third kappa shape index (κ3) is 10.5. The van der Waals surface area contributed by atoms with Crippen molar-refractivity contribution in [3.05, 3.63) is 124 Å². The Morgan fingerprint density at radius 3 is 2.35 bits per heavy atom. The lowest BCUT2D eigenvalue weighted by molar-refractivity contribution is -0.245. The number of nitrogens with zero attached hydrogens (tertiary/aromatic N) is 2. The second-order valence-corrected chi connectivity index (χ2v) is 15.1. The van der Waals surface area contributed by atoms with Crippen molar-refractivity contribution < 1.29 is 24.2 Å². The lowest BCUT2D eigenvalue weighted by Gasteiger charge is -2.36. The van der Waals surface area contributed by atoms with E-state index in [2.05, 4.69) is 45.1 Å². The number of nitrogen functional groups attached to an aromatic ring is 1. The fourth-order valence-corrected chi connectivity index (χ4v) is 7.76. The van der Waals surface area contributed by atoms with Crippen molar-refractivity contribution in [2.45, 2.75) is 75.0 Å². The number of rotatable bonds is 15. The number of anilines is 2. The molecule has 0 bridgehead atoms. The van der Waals surface area contributed by atoms with Crippen LogP contribution in [0.2, 0.25) is 0 Å². The number of benzene rings is 4. The van der Waals surface area contributed by atoms with Crippen LogP contribution in [0.4, 0.5) is 11.4 Å². The Morgan fingerprint density at radius 2 is 1.62 bits per heavy atom. The minimum absolute atomic E-state index is 0.00245. The zero-order valence-electron chi connectivity index (χ0n) is 29.0. The second-order valence-electron chi connectivity index (χ2n) is 12.7. The summed E-state index contributed by atoms with van der Waals surface area (Å²) >= 11 is 3.23. The lowest BCUT2D eigenvalue weighted by Crippen LogP contribution is -2.31. The zero-order chi connectivity index (χ0) is 36.3. The molecule has 1 aliphatic rings. The first-order valence-electron chi connectivity index (χ1n) is 17.4. The van der Waals surface area contributed by atoms with Crippen molar-refractivity contribution in [2.24, 2.45) is 0 Å². The summed E-state index contributed by atoms with van der Waals surface area (Å²) in [6.07, 6.45) is 1.81. The summed E-state index contributed by atoms with van der Waals surface area (Å²) in [7, 11) is 0. The molecule has 0 aliphatic carbocycles. The molecule has 0 spiro atoms. The quantitative estimate of drug-likeness (QED) is 0.0481. The largest absolute Gasteiger partial charge is 0.397 e. The molecule has 0 radical (unpaired) electrons. The molecule has 0 unspecified atom stereocenters. The van der Waals surface area contributed by atoms with E-state index in [0.29, 0.717) is 50.0 Å². The van der Waals surface area contributed by atoms with Gasteiger partial charge in [0, 0.05) is 37.1 Å². The predicted octanol–water partition coefficient (Wildman–Crippen LogP) is 7.74. The molecule has 1 aromatic heterocycles. The number of aromatic nitrogens is 2. The van der Waals surface area contributed by atoms with Gasteiger partial charge in [0.25, 0.3) is 0 Å². The van der Waals surface area contributed by atoms with Crippen molar-refractivity contribution in [1.82, 2.24) is 15.5 Å². The maximum atomic E-state index is 12.6. The first-order valence-corrected chi connectivity index (χ1v) is 19.2. The molecule has 5 aromatic rings. The van der Waals surface area contributed by atoms with E-state index in [0.717, 1.165) is 48.5 Å². The number of carbonyl (C=O) groups excluding carboxylic acids is 2. The van der Waals surface area contributed by atoms with E-state index in [1.807, 2.05) is 67.6 Å². The maximum Gasteiger partial charge on any atom is 0.224 e. The Balaban J connectivity index is 1.02. The molecule has 5 N–H and O–H groups in total. The van der Waals surface area contributed by atoms with Gasteiger partial charge in [-0.25, -0.2) is 0 Å². The minimum atomic E-state index is -0.550. The normalized spacial score (nSPS) is 17.1. The highest BCUT2D eigenvalue weighted by Crippen LogP contribution is 2.40. The SMILES string of the molecule is Cc1nnc(SC[C@H]2C[C@@H](c3ccc(CO)cc3)O[C@@H](c3ccc(-c4cccc(CNC(=O)CCCCC(=O)Nc5ccccc5N)c4)cc3)O2)s1. The van der Waals surface area contributed by atoms with Crippen LogP contribution in [0.5, 0.6) is 0 Å². The van der Waals surface area contributed by atoms with E-state index in [-0.39, 0.29) is 30.6 Å². The average Bonchev–Trinajstić information content (AvgIpc) is 3.60. The van der Waals surface area contributed by atoms with Crippen LogP contribution in [0.3, 0.4) is 0 Å². The highest BCUT2D eigenvalue weighted by molar-refractivity contribution is 8.01. The van der Waals surface area contributed by atoms with Gasteiger partial charge in [0.2, 0.25) is 11.8 Å². The van der Waals surface area contributed by atoms with Gasteiger partial charge in [0.1, 0.15) is 5.01 Å². The van der Waals surface area contributed by atoms with Gasteiger partial charge in [-0.1, -0.05) is 102 Å². The van der Waals surface area contributed by atoms with Crippen molar-refractivity contribution in [1.29, 1.82) is 0 Å². The molecule has 4 aromatic carbocycles. The Bertz CT molecular complexity index is 1940. The summed E-state index contributed by atoms with van der Waals surface area (Å²) in [5, 5.41) is 24.7. The summed E-state index contributed by atoms with van der Waals surface area (Å²) in [6, 6.07) is 31.4. The predicted molar refractivity (Wildman–Crippen MR) is 205 cm³/mol. The second kappa shape index (κ2) is 18.3. The van der Waals surface area contributed by atoms with E-state index in [1.54, 1.807) is 35.2 Å². The van der Waals surface area contributed by atoms with Gasteiger partial charge in [-0.3, -0.25) is 9.59 Å². The van der Waals surface area contributed by atoms with Crippen LogP contribution < -0.4 is 16.4 Å². The van der Waals surface area contributed by atoms with Crippen LogP contribution in [-0.2, 0) is 32.2 Å². The van der Waals surface area contributed by atoms with Gasteiger partial charge in [-0.05, 0) is 65.8 Å². The Labute approximate surface area is 312 Å². The number of para-hydroxylation sites is 2.